The first-order chi connectivity index (χ1) is 7.06. The number of allylic oxidation sites excluding steroid dienone is 3. The van der Waals surface area contributed by atoms with Crippen LogP contribution in [0.4, 0.5) is 0 Å². The molecule has 0 heterocycles. The molecule has 0 bridgehead atoms. The van der Waals surface area contributed by atoms with Crippen LogP contribution in [0.15, 0.2) is 23.8 Å². The highest BCUT2D eigenvalue weighted by Crippen LogP contribution is 2.09. The maximum Gasteiger partial charge on any atom is 0.309 e. The molecule has 0 rings (SSSR count). The Balaban J connectivity index is 3.68. The van der Waals surface area contributed by atoms with Crippen molar-refractivity contribution >= 4 is 5.97 Å². The molecule has 0 fully saturated rings. The maximum atomic E-state index is 10.8. The SMILES string of the molecule is COC(=O)CC=CC(C)CCC=C(C)C. The van der Waals surface area contributed by atoms with Crippen LogP contribution in [-0.4, -0.2) is 13.1 Å². The Morgan fingerprint density at radius 2 is 2.07 bits per heavy atom. The normalized spacial score (nSPS) is 12.5. The van der Waals surface area contributed by atoms with E-state index in [1.165, 1.54) is 12.7 Å². The molecular weight excluding hydrogens is 188 g/mol. The first-order valence-corrected chi connectivity index (χ1v) is 5.43. The van der Waals surface area contributed by atoms with Crippen LogP contribution in [0, 0.1) is 5.92 Å². The molecule has 0 radical (unpaired) electrons. The van der Waals surface area contributed by atoms with Crippen molar-refractivity contribution in [2.24, 2.45) is 5.92 Å². The molecule has 0 aliphatic rings. The van der Waals surface area contributed by atoms with Crippen LogP contribution in [0.3, 0.4) is 0 Å². The van der Waals surface area contributed by atoms with Gasteiger partial charge in [-0.15, -0.1) is 0 Å². The van der Waals surface area contributed by atoms with E-state index >= 15 is 0 Å². The molecule has 0 aromatic rings. The van der Waals surface area contributed by atoms with E-state index in [-0.39, 0.29) is 5.97 Å². The highest BCUT2D eigenvalue weighted by molar-refractivity contribution is 5.70. The Morgan fingerprint density at radius 3 is 2.60 bits per heavy atom. The van der Waals surface area contributed by atoms with Crippen molar-refractivity contribution in [1.29, 1.82) is 0 Å². The largest absolute Gasteiger partial charge is 0.469 e. The zero-order valence-electron chi connectivity index (χ0n) is 10.2. The van der Waals surface area contributed by atoms with E-state index < -0.39 is 0 Å². The molecular formula is C13H22O2. The van der Waals surface area contributed by atoms with E-state index in [1.807, 2.05) is 6.08 Å². The first kappa shape index (κ1) is 13.9. The lowest BCUT2D eigenvalue weighted by molar-refractivity contribution is -0.139. The highest BCUT2D eigenvalue weighted by Gasteiger charge is 1.97. The van der Waals surface area contributed by atoms with Gasteiger partial charge in [0.05, 0.1) is 13.5 Å². The molecule has 2 heteroatoms. The predicted octanol–water partition coefficient (Wildman–Crippen LogP) is 3.49. The fourth-order valence-corrected chi connectivity index (χ4v) is 1.21. The van der Waals surface area contributed by atoms with Crippen LogP contribution < -0.4 is 0 Å². The smallest absolute Gasteiger partial charge is 0.309 e. The molecule has 0 aromatic heterocycles. The van der Waals surface area contributed by atoms with Gasteiger partial charge in [-0.3, -0.25) is 4.79 Å². The summed E-state index contributed by atoms with van der Waals surface area (Å²) in [6.07, 6.45) is 8.82. The number of rotatable bonds is 6. The molecule has 0 aliphatic heterocycles. The van der Waals surface area contributed by atoms with Gasteiger partial charge in [-0.25, -0.2) is 0 Å². The molecule has 0 saturated heterocycles. The Morgan fingerprint density at radius 1 is 1.40 bits per heavy atom. The van der Waals surface area contributed by atoms with Crippen LogP contribution >= 0.6 is 0 Å². The van der Waals surface area contributed by atoms with Crippen molar-refractivity contribution < 1.29 is 9.53 Å². The molecule has 0 aliphatic carbocycles. The van der Waals surface area contributed by atoms with E-state index in [2.05, 4.69) is 37.7 Å². The van der Waals surface area contributed by atoms with Crippen LogP contribution in [0.25, 0.3) is 0 Å². The Hall–Kier alpha value is -1.05. The standard InChI is InChI=1S/C13H22O2/c1-11(2)7-5-8-12(3)9-6-10-13(14)15-4/h6-7,9,12H,5,8,10H2,1-4H3. The summed E-state index contributed by atoms with van der Waals surface area (Å²) in [5.74, 6) is 0.341. The number of hydrogen-bond acceptors (Lipinski definition) is 2. The molecule has 86 valence electrons. The molecule has 15 heavy (non-hydrogen) atoms. The third kappa shape index (κ3) is 9.26. The van der Waals surface area contributed by atoms with Crippen LogP contribution in [0.1, 0.15) is 40.0 Å². The summed E-state index contributed by atoms with van der Waals surface area (Å²) in [7, 11) is 1.41. The second kappa shape index (κ2) is 8.27. The third-order valence-corrected chi connectivity index (χ3v) is 2.15. The maximum absolute atomic E-state index is 10.8. The summed E-state index contributed by atoms with van der Waals surface area (Å²) in [4.78, 5) is 10.8. The lowest BCUT2D eigenvalue weighted by Gasteiger charge is -2.03. The lowest BCUT2D eigenvalue weighted by Crippen LogP contribution is -1.97. The summed E-state index contributed by atoms with van der Waals surface area (Å²) < 4.78 is 4.54. The number of hydrogen-bond donors (Lipinski definition) is 0. The molecule has 0 saturated carbocycles. The van der Waals surface area contributed by atoms with Crippen molar-refractivity contribution in [3.8, 4) is 0 Å². The minimum Gasteiger partial charge on any atom is -0.469 e. The number of ether oxygens (including phenoxy) is 1. The van der Waals surface area contributed by atoms with E-state index in [1.54, 1.807) is 0 Å². The number of esters is 1. The molecule has 1 atom stereocenters. The van der Waals surface area contributed by atoms with Gasteiger partial charge >= 0.3 is 5.97 Å². The van der Waals surface area contributed by atoms with Crippen molar-refractivity contribution in [2.75, 3.05) is 7.11 Å². The van der Waals surface area contributed by atoms with Gasteiger partial charge in [0.25, 0.3) is 0 Å². The van der Waals surface area contributed by atoms with Gasteiger partial charge in [0.1, 0.15) is 0 Å². The van der Waals surface area contributed by atoms with Crippen LogP contribution in [0.5, 0.6) is 0 Å². The monoisotopic (exact) mass is 210 g/mol. The average molecular weight is 210 g/mol. The molecule has 2 nitrogen and oxygen atoms in total. The Labute approximate surface area is 93.0 Å². The third-order valence-electron chi connectivity index (χ3n) is 2.15. The van der Waals surface area contributed by atoms with Gasteiger partial charge in [0.2, 0.25) is 0 Å². The molecule has 0 aromatic carbocycles. The second-order valence-corrected chi connectivity index (χ2v) is 4.04. The minimum absolute atomic E-state index is 0.178. The topological polar surface area (TPSA) is 26.3 Å². The number of carbonyl (C=O) groups excluding carboxylic acids is 1. The number of carbonyl (C=O) groups is 1. The molecule has 0 N–H and O–H groups in total. The van der Waals surface area contributed by atoms with Crippen LogP contribution in [0.2, 0.25) is 0 Å². The van der Waals surface area contributed by atoms with E-state index in [4.69, 9.17) is 0 Å². The second-order valence-electron chi connectivity index (χ2n) is 4.04. The number of methoxy groups -OCH3 is 1. The lowest BCUT2D eigenvalue weighted by atomic mass is 10.0. The van der Waals surface area contributed by atoms with E-state index in [0.29, 0.717) is 12.3 Å². The van der Waals surface area contributed by atoms with E-state index in [0.717, 1.165) is 12.8 Å². The van der Waals surface area contributed by atoms with Crippen molar-refractivity contribution in [2.45, 2.75) is 40.0 Å². The van der Waals surface area contributed by atoms with E-state index in [9.17, 15) is 4.79 Å². The van der Waals surface area contributed by atoms with Crippen molar-refractivity contribution in [1.82, 2.24) is 0 Å². The van der Waals surface area contributed by atoms with Gasteiger partial charge in [0.15, 0.2) is 0 Å². The molecule has 0 spiro atoms. The van der Waals surface area contributed by atoms with Gasteiger partial charge in [0, 0.05) is 0 Å². The predicted molar refractivity (Wildman–Crippen MR) is 63.6 cm³/mol. The van der Waals surface area contributed by atoms with Gasteiger partial charge in [-0.1, -0.05) is 30.7 Å². The van der Waals surface area contributed by atoms with Crippen molar-refractivity contribution in [3.63, 3.8) is 0 Å². The summed E-state index contributed by atoms with van der Waals surface area (Å²) in [5, 5.41) is 0. The fraction of sp³-hybridized carbons (Fsp3) is 0.615. The zero-order valence-corrected chi connectivity index (χ0v) is 10.2. The Bertz CT molecular complexity index is 235. The van der Waals surface area contributed by atoms with Gasteiger partial charge in [-0.2, -0.15) is 0 Å². The van der Waals surface area contributed by atoms with Crippen molar-refractivity contribution in [3.05, 3.63) is 23.8 Å². The molecule has 1 unspecified atom stereocenters. The molecule has 0 amide bonds. The zero-order chi connectivity index (χ0) is 11.7. The first-order valence-electron chi connectivity index (χ1n) is 5.43. The summed E-state index contributed by atoms with van der Waals surface area (Å²) >= 11 is 0. The quantitative estimate of drug-likeness (QED) is 0.495. The minimum atomic E-state index is -0.178. The fourth-order valence-electron chi connectivity index (χ4n) is 1.21. The highest BCUT2D eigenvalue weighted by atomic mass is 16.5. The summed E-state index contributed by atoms with van der Waals surface area (Å²) in [6.45, 7) is 6.38. The van der Waals surface area contributed by atoms with Crippen LogP contribution in [-0.2, 0) is 9.53 Å². The Kier molecular flexibility index (Phi) is 7.69. The summed E-state index contributed by atoms with van der Waals surface area (Å²) in [5.41, 5.74) is 1.36. The van der Waals surface area contributed by atoms with Gasteiger partial charge in [-0.05, 0) is 32.6 Å². The van der Waals surface area contributed by atoms with Gasteiger partial charge < -0.3 is 4.74 Å². The summed E-state index contributed by atoms with van der Waals surface area (Å²) in [6, 6.07) is 0. The average Bonchev–Trinajstić information content (AvgIpc) is 2.17.